The molecule has 9 heavy (non-hydrogen) atoms. The lowest BCUT2D eigenvalue weighted by atomic mass is 10.8. The molecule has 0 saturated carbocycles. The number of thioether (sulfide) groups is 1. The van der Waals surface area contributed by atoms with Crippen molar-refractivity contribution in [1.82, 2.24) is 0 Å². The fraction of sp³-hybridized carbons (Fsp3) is 0.667. The number of rotatable bonds is 2. The van der Waals surface area contributed by atoms with E-state index in [1.807, 2.05) is 0 Å². The van der Waals surface area contributed by atoms with Gasteiger partial charge in [-0.15, -0.1) is 0 Å². The lowest BCUT2D eigenvalue weighted by Gasteiger charge is -2.07. The van der Waals surface area contributed by atoms with Gasteiger partial charge < -0.3 is 5.73 Å². The van der Waals surface area contributed by atoms with Gasteiger partial charge in [-0.3, -0.25) is 0 Å². The fourth-order valence-electron chi connectivity index (χ4n) is 0.174. The molecule has 0 aromatic rings. The van der Waals surface area contributed by atoms with E-state index in [1.54, 1.807) is 0 Å². The predicted octanol–water partition coefficient (Wildman–Crippen LogP) is 1.53. The summed E-state index contributed by atoms with van der Waals surface area (Å²) in [5, 5.41) is -3.45. The molecule has 0 rings (SSSR count). The van der Waals surface area contributed by atoms with Crippen molar-refractivity contribution >= 4 is 28.3 Å². The summed E-state index contributed by atoms with van der Waals surface area (Å²) < 4.78 is 34.4. The number of thiocarbonyl (C=S) groups is 1. The molecule has 0 aromatic heterocycles. The smallest absolute Gasteiger partial charge is 0.328 e. The average molecular weight is 175 g/mol. The van der Waals surface area contributed by atoms with Gasteiger partial charge in [0.05, 0.1) is 0 Å². The maximum atomic E-state index is 11.8. The third-order valence-electron chi connectivity index (χ3n) is 0.405. The second kappa shape index (κ2) is 3.26. The summed E-state index contributed by atoms with van der Waals surface area (Å²) in [7, 11) is 0. The number of hydrogen-bond donors (Lipinski definition) is 1. The molecular formula is C3H4F3NS2. The largest absolute Gasteiger partial charge is 0.384 e. The zero-order chi connectivity index (χ0) is 7.49. The second-order valence-electron chi connectivity index (χ2n) is 1.19. The minimum Gasteiger partial charge on any atom is -0.384 e. The Morgan fingerprint density at radius 2 is 2.11 bits per heavy atom. The Labute approximate surface area is 59.8 Å². The van der Waals surface area contributed by atoms with Gasteiger partial charge in [-0.1, -0.05) is 12.2 Å². The van der Waals surface area contributed by atoms with Crippen molar-refractivity contribution in [1.29, 1.82) is 0 Å². The minimum atomic E-state index is -3.45. The Morgan fingerprint density at radius 3 is 2.22 bits per heavy atom. The van der Waals surface area contributed by atoms with Gasteiger partial charge in [0, 0.05) is 0 Å². The first kappa shape index (κ1) is 9.03. The monoisotopic (exact) mass is 175 g/mol. The van der Waals surface area contributed by atoms with Crippen molar-refractivity contribution < 1.29 is 13.2 Å². The van der Waals surface area contributed by atoms with E-state index in [0.29, 0.717) is 0 Å². The van der Waals surface area contributed by atoms with E-state index in [-0.39, 0.29) is 11.8 Å². The highest BCUT2D eigenvalue weighted by Crippen LogP contribution is 2.28. The second-order valence-corrected chi connectivity index (χ2v) is 3.13. The summed E-state index contributed by atoms with van der Waals surface area (Å²) in [6.45, 7) is -1.74. The molecule has 0 bridgehead atoms. The van der Waals surface area contributed by atoms with Crippen LogP contribution >= 0.6 is 24.0 Å². The van der Waals surface area contributed by atoms with Gasteiger partial charge in [0.2, 0.25) is 0 Å². The zero-order valence-corrected chi connectivity index (χ0v) is 5.87. The maximum absolute atomic E-state index is 11.8. The van der Waals surface area contributed by atoms with Crippen LogP contribution in [0.4, 0.5) is 13.2 Å². The summed E-state index contributed by atoms with van der Waals surface area (Å²) in [5.41, 5.74) is 4.70. The molecule has 54 valence electrons. The highest BCUT2D eigenvalue weighted by atomic mass is 32.2. The third-order valence-corrected chi connectivity index (χ3v) is 1.26. The lowest BCUT2D eigenvalue weighted by Crippen LogP contribution is -2.19. The Balaban J connectivity index is 3.71. The van der Waals surface area contributed by atoms with Crippen LogP contribution in [-0.4, -0.2) is 16.2 Å². The highest BCUT2D eigenvalue weighted by molar-refractivity contribution is 8.23. The van der Waals surface area contributed by atoms with Crippen molar-refractivity contribution in [3.8, 4) is 0 Å². The van der Waals surface area contributed by atoms with E-state index in [9.17, 15) is 13.2 Å². The summed E-state index contributed by atoms with van der Waals surface area (Å²) >= 11 is 3.96. The third kappa shape index (κ3) is 4.53. The van der Waals surface area contributed by atoms with E-state index < -0.39 is 16.2 Å². The molecule has 1 nitrogen and oxygen atoms in total. The van der Waals surface area contributed by atoms with Gasteiger partial charge in [-0.2, -0.15) is 8.78 Å². The molecule has 0 radical (unpaired) electrons. The molecule has 0 saturated heterocycles. The van der Waals surface area contributed by atoms with Crippen LogP contribution < -0.4 is 5.73 Å². The summed E-state index contributed by atoms with van der Waals surface area (Å²) in [6, 6.07) is 0. The van der Waals surface area contributed by atoms with Crippen LogP contribution in [0.3, 0.4) is 0 Å². The van der Waals surface area contributed by atoms with E-state index in [4.69, 9.17) is 5.73 Å². The lowest BCUT2D eigenvalue weighted by molar-refractivity contribution is 0.0754. The Bertz CT molecular complexity index is 116. The molecule has 0 fully saturated rings. The van der Waals surface area contributed by atoms with Gasteiger partial charge in [0.1, 0.15) is 4.32 Å². The Hall–Kier alpha value is 0.0300. The van der Waals surface area contributed by atoms with Crippen molar-refractivity contribution in [2.24, 2.45) is 5.73 Å². The average Bonchev–Trinajstić information content (AvgIpc) is 1.63. The van der Waals surface area contributed by atoms with Crippen LogP contribution in [0.25, 0.3) is 0 Å². The number of alkyl halides is 3. The normalized spacial score (nSPS) is 11.4. The predicted molar refractivity (Wildman–Crippen MR) is 35.3 cm³/mol. The number of hydrogen-bond acceptors (Lipinski definition) is 2. The number of nitrogens with two attached hydrogens (primary N) is 1. The molecule has 2 N–H and O–H groups in total. The molecular weight excluding hydrogens is 171 g/mol. The fourth-order valence-corrected chi connectivity index (χ4v) is 0.889. The quantitative estimate of drug-likeness (QED) is 0.644. The van der Waals surface area contributed by atoms with Crippen LogP contribution in [-0.2, 0) is 0 Å². The first-order valence-corrected chi connectivity index (χ1v) is 3.12. The first-order valence-electron chi connectivity index (χ1n) is 1.90. The summed E-state index contributed by atoms with van der Waals surface area (Å²) in [6.07, 6.45) is 0. The van der Waals surface area contributed by atoms with Gasteiger partial charge >= 0.3 is 5.25 Å². The van der Waals surface area contributed by atoms with Crippen LogP contribution in [0, 0.1) is 0 Å². The SMILES string of the molecule is NC(=S)SC(F)(F)CF. The molecule has 0 aliphatic rings. The molecule has 6 heteroatoms. The van der Waals surface area contributed by atoms with E-state index in [2.05, 4.69) is 12.2 Å². The van der Waals surface area contributed by atoms with Crippen molar-refractivity contribution in [2.45, 2.75) is 5.25 Å². The molecule has 0 aliphatic heterocycles. The van der Waals surface area contributed by atoms with E-state index >= 15 is 0 Å². The number of halogens is 3. The molecule has 0 heterocycles. The molecule has 0 atom stereocenters. The molecule has 0 unspecified atom stereocenters. The van der Waals surface area contributed by atoms with Crippen LogP contribution in [0.2, 0.25) is 0 Å². The standard InChI is InChI=1S/C3H4F3NS2/c4-1-3(5,6)9-2(7)8/h1H2,(H2,7,8). The minimum absolute atomic E-state index is 0.142. The topological polar surface area (TPSA) is 26.0 Å². The van der Waals surface area contributed by atoms with Gasteiger partial charge in [-0.05, 0) is 11.8 Å². The van der Waals surface area contributed by atoms with Gasteiger partial charge in [-0.25, -0.2) is 4.39 Å². The highest BCUT2D eigenvalue weighted by Gasteiger charge is 2.30. The van der Waals surface area contributed by atoms with Crippen molar-refractivity contribution in [3.63, 3.8) is 0 Å². The Kier molecular flexibility index (Phi) is 3.27. The van der Waals surface area contributed by atoms with Gasteiger partial charge in [0.15, 0.2) is 6.67 Å². The molecule has 0 aromatic carbocycles. The van der Waals surface area contributed by atoms with Crippen molar-refractivity contribution in [3.05, 3.63) is 0 Å². The summed E-state index contributed by atoms with van der Waals surface area (Å²) in [4.78, 5) is 0. The van der Waals surface area contributed by atoms with E-state index in [1.165, 1.54) is 0 Å². The molecule has 0 aliphatic carbocycles. The van der Waals surface area contributed by atoms with Crippen LogP contribution in [0.15, 0.2) is 0 Å². The van der Waals surface area contributed by atoms with Crippen LogP contribution in [0.1, 0.15) is 0 Å². The Morgan fingerprint density at radius 1 is 1.67 bits per heavy atom. The summed E-state index contributed by atoms with van der Waals surface area (Å²) in [5.74, 6) is 0. The van der Waals surface area contributed by atoms with E-state index in [0.717, 1.165) is 0 Å². The first-order chi connectivity index (χ1) is 3.98. The van der Waals surface area contributed by atoms with Gasteiger partial charge in [0.25, 0.3) is 0 Å². The molecule has 0 amide bonds. The maximum Gasteiger partial charge on any atom is 0.328 e. The molecule has 0 spiro atoms. The zero-order valence-electron chi connectivity index (χ0n) is 4.23. The van der Waals surface area contributed by atoms with Crippen LogP contribution in [0.5, 0.6) is 0 Å². The van der Waals surface area contributed by atoms with Crippen molar-refractivity contribution in [2.75, 3.05) is 6.67 Å².